The van der Waals surface area contributed by atoms with Gasteiger partial charge in [0.2, 0.25) is 5.91 Å². The molecule has 2 aliphatic rings. The number of amides is 3. The van der Waals surface area contributed by atoms with Gasteiger partial charge in [0.25, 0.3) is 11.8 Å². The monoisotopic (exact) mass is 273 g/mol. The van der Waals surface area contributed by atoms with E-state index in [2.05, 4.69) is 16.0 Å². The molecule has 0 saturated carbocycles. The van der Waals surface area contributed by atoms with E-state index in [0.717, 1.165) is 25.8 Å². The Kier molecular flexibility index (Phi) is 3.23. The molecule has 1 saturated heterocycles. The van der Waals surface area contributed by atoms with E-state index in [1.165, 1.54) is 6.07 Å². The maximum Gasteiger partial charge on any atom is 0.259 e. The van der Waals surface area contributed by atoms with Crippen LogP contribution >= 0.6 is 0 Å². The number of carbonyl (C=O) groups is 3. The molecule has 2 heterocycles. The Hall–Kier alpha value is -2.21. The third-order valence-electron chi connectivity index (χ3n) is 3.63. The van der Waals surface area contributed by atoms with Crippen molar-refractivity contribution in [1.29, 1.82) is 0 Å². The first-order chi connectivity index (χ1) is 9.65. The van der Waals surface area contributed by atoms with Crippen molar-refractivity contribution >= 4 is 23.4 Å². The fraction of sp³-hybridized carbons (Fsp3) is 0.357. The zero-order chi connectivity index (χ0) is 14.1. The molecule has 1 aromatic rings. The zero-order valence-corrected chi connectivity index (χ0v) is 10.9. The summed E-state index contributed by atoms with van der Waals surface area (Å²) in [5, 5.41) is 8.17. The first-order valence-electron chi connectivity index (χ1n) is 6.69. The van der Waals surface area contributed by atoms with Crippen molar-refractivity contribution in [3.05, 3.63) is 29.3 Å². The van der Waals surface area contributed by atoms with E-state index in [1.807, 2.05) is 0 Å². The number of hydrogen-bond acceptors (Lipinski definition) is 4. The number of piperidine rings is 1. The van der Waals surface area contributed by atoms with Gasteiger partial charge in [0.05, 0.1) is 17.2 Å². The van der Waals surface area contributed by atoms with E-state index in [4.69, 9.17) is 0 Å². The highest BCUT2D eigenvalue weighted by Gasteiger charge is 2.27. The quantitative estimate of drug-likeness (QED) is 0.690. The third kappa shape index (κ3) is 2.30. The molecule has 1 fully saturated rings. The minimum atomic E-state index is -0.420. The molecule has 0 unspecified atom stereocenters. The van der Waals surface area contributed by atoms with Crippen molar-refractivity contribution in [3.63, 3.8) is 0 Å². The summed E-state index contributed by atoms with van der Waals surface area (Å²) in [6.07, 6.45) is 2.94. The largest absolute Gasteiger partial charge is 0.325 e. The third-order valence-corrected chi connectivity index (χ3v) is 3.63. The van der Waals surface area contributed by atoms with Gasteiger partial charge in [0.1, 0.15) is 0 Å². The number of nitrogens with one attached hydrogen (secondary N) is 3. The lowest BCUT2D eigenvalue weighted by molar-refractivity contribution is -0.118. The van der Waals surface area contributed by atoms with E-state index >= 15 is 0 Å². The van der Waals surface area contributed by atoms with Crippen LogP contribution < -0.4 is 16.0 Å². The second kappa shape index (κ2) is 5.05. The minimum Gasteiger partial charge on any atom is -0.325 e. The summed E-state index contributed by atoms with van der Waals surface area (Å²) in [7, 11) is 0. The van der Waals surface area contributed by atoms with E-state index in [-0.39, 0.29) is 11.9 Å². The predicted molar refractivity (Wildman–Crippen MR) is 72.5 cm³/mol. The van der Waals surface area contributed by atoms with Crippen molar-refractivity contribution in [3.8, 4) is 0 Å². The summed E-state index contributed by atoms with van der Waals surface area (Å²) < 4.78 is 0. The van der Waals surface area contributed by atoms with Crippen LogP contribution in [0.15, 0.2) is 18.2 Å². The summed E-state index contributed by atoms with van der Waals surface area (Å²) in [4.78, 5) is 35.1. The first-order valence-corrected chi connectivity index (χ1v) is 6.69. The molecule has 0 bridgehead atoms. The number of benzene rings is 1. The number of carbonyl (C=O) groups excluding carboxylic acids is 3. The van der Waals surface area contributed by atoms with Crippen molar-refractivity contribution < 1.29 is 14.4 Å². The fourth-order valence-electron chi connectivity index (χ4n) is 2.55. The van der Waals surface area contributed by atoms with Crippen LogP contribution in [-0.2, 0) is 4.79 Å². The number of imide groups is 1. The molecule has 3 amide bonds. The van der Waals surface area contributed by atoms with E-state index in [1.54, 1.807) is 12.1 Å². The van der Waals surface area contributed by atoms with Gasteiger partial charge in [-0.1, -0.05) is 6.42 Å². The second-order valence-corrected chi connectivity index (χ2v) is 5.04. The van der Waals surface area contributed by atoms with Crippen LogP contribution in [0.4, 0.5) is 5.69 Å². The molecule has 20 heavy (non-hydrogen) atoms. The van der Waals surface area contributed by atoms with Crippen LogP contribution in [-0.4, -0.2) is 30.3 Å². The molecular weight excluding hydrogens is 258 g/mol. The minimum absolute atomic E-state index is 0.102. The summed E-state index contributed by atoms with van der Waals surface area (Å²) in [5.74, 6) is -0.914. The lowest BCUT2D eigenvalue weighted by Crippen LogP contribution is -2.43. The average molecular weight is 273 g/mol. The maximum absolute atomic E-state index is 12.1. The Morgan fingerprint density at radius 1 is 1.15 bits per heavy atom. The van der Waals surface area contributed by atoms with Crippen LogP contribution in [0.3, 0.4) is 0 Å². The molecule has 2 aliphatic heterocycles. The molecule has 0 spiro atoms. The second-order valence-electron chi connectivity index (χ2n) is 5.04. The Bertz CT molecular complexity index is 591. The van der Waals surface area contributed by atoms with Gasteiger partial charge in [0.15, 0.2) is 0 Å². The number of fused-ring (bicyclic) bond motifs is 1. The smallest absolute Gasteiger partial charge is 0.259 e. The molecule has 1 atom stereocenters. The Balaban J connectivity index is 1.75. The number of rotatable bonds is 2. The van der Waals surface area contributed by atoms with Crippen LogP contribution in [0.5, 0.6) is 0 Å². The van der Waals surface area contributed by atoms with Crippen molar-refractivity contribution in [1.82, 2.24) is 10.6 Å². The normalized spacial score (nSPS) is 21.3. The number of anilines is 1. The highest BCUT2D eigenvalue weighted by Crippen LogP contribution is 2.20. The van der Waals surface area contributed by atoms with E-state index in [9.17, 15) is 14.4 Å². The van der Waals surface area contributed by atoms with Crippen LogP contribution in [0.2, 0.25) is 0 Å². The molecule has 104 valence electrons. The summed E-state index contributed by atoms with van der Waals surface area (Å²) in [5.41, 5.74) is 1.19. The highest BCUT2D eigenvalue weighted by atomic mass is 16.2. The Labute approximate surface area is 115 Å². The van der Waals surface area contributed by atoms with Gasteiger partial charge in [-0.15, -0.1) is 0 Å². The average Bonchev–Trinajstić information content (AvgIpc) is 2.75. The van der Waals surface area contributed by atoms with Gasteiger partial charge >= 0.3 is 0 Å². The SMILES string of the molecule is O=C1NC(=O)c2cc(NC(=O)[C@H]3CCCCN3)ccc21. The highest BCUT2D eigenvalue weighted by molar-refractivity contribution is 6.22. The maximum atomic E-state index is 12.1. The van der Waals surface area contributed by atoms with Crippen molar-refractivity contribution in [2.24, 2.45) is 0 Å². The topological polar surface area (TPSA) is 87.3 Å². The fourth-order valence-corrected chi connectivity index (χ4v) is 2.55. The lowest BCUT2D eigenvalue weighted by Gasteiger charge is -2.22. The molecule has 6 heteroatoms. The van der Waals surface area contributed by atoms with Gasteiger partial charge in [-0.2, -0.15) is 0 Å². The zero-order valence-electron chi connectivity index (χ0n) is 10.9. The molecule has 6 nitrogen and oxygen atoms in total. The van der Waals surface area contributed by atoms with Crippen LogP contribution in [0.1, 0.15) is 40.0 Å². The Morgan fingerprint density at radius 3 is 2.70 bits per heavy atom. The van der Waals surface area contributed by atoms with Crippen LogP contribution in [0, 0.1) is 0 Å². The number of hydrogen-bond donors (Lipinski definition) is 3. The van der Waals surface area contributed by atoms with Gasteiger partial charge in [0, 0.05) is 5.69 Å². The van der Waals surface area contributed by atoms with Gasteiger partial charge in [-0.25, -0.2) is 0 Å². The van der Waals surface area contributed by atoms with E-state index in [0.29, 0.717) is 16.8 Å². The van der Waals surface area contributed by atoms with Gasteiger partial charge in [-0.3, -0.25) is 19.7 Å². The standard InChI is InChI=1S/C14H15N3O3/c18-12-9-5-4-8(7-10(9)13(19)17-12)16-14(20)11-3-1-2-6-15-11/h4-5,7,11,15H,1-3,6H2,(H,16,20)(H,17,18,19)/t11-/m1/s1. The summed E-state index contributed by atoms with van der Waals surface area (Å²) in [6.45, 7) is 0.846. The molecule has 0 aliphatic carbocycles. The summed E-state index contributed by atoms with van der Waals surface area (Å²) >= 11 is 0. The lowest BCUT2D eigenvalue weighted by atomic mass is 10.0. The summed E-state index contributed by atoms with van der Waals surface area (Å²) in [6, 6.07) is 4.54. The van der Waals surface area contributed by atoms with E-state index < -0.39 is 11.8 Å². The first kappa shape index (κ1) is 12.8. The molecular formula is C14H15N3O3. The molecule has 1 aromatic carbocycles. The Morgan fingerprint density at radius 2 is 1.95 bits per heavy atom. The molecule has 0 radical (unpaired) electrons. The van der Waals surface area contributed by atoms with Crippen molar-refractivity contribution in [2.45, 2.75) is 25.3 Å². The van der Waals surface area contributed by atoms with Crippen LogP contribution in [0.25, 0.3) is 0 Å². The predicted octanol–water partition coefficient (Wildman–Crippen LogP) is 0.651. The van der Waals surface area contributed by atoms with Crippen molar-refractivity contribution in [2.75, 3.05) is 11.9 Å². The molecule has 3 N–H and O–H groups in total. The van der Waals surface area contributed by atoms with Gasteiger partial charge < -0.3 is 10.6 Å². The molecule has 3 rings (SSSR count). The van der Waals surface area contributed by atoms with Gasteiger partial charge in [-0.05, 0) is 37.6 Å². The molecule has 0 aromatic heterocycles.